The second kappa shape index (κ2) is 7.73. The van der Waals surface area contributed by atoms with E-state index in [-0.39, 0.29) is 0 Å². The fourth-order valence-electron chi connectivity index (χ4n) is 1.72. The van der Waals surface area contributed by atoms with Crippen LogP contribution in [0.1, 0.15) is 11.1 Å². The summed E-state index contributed by atoms with van der Waals surface area (Å²) in [4.78, 5) is 11.7. The average Bonchev–Trinajstić information content (AvgIpc) is 2.52. The van der Waals surface area contributed by atoms with Crippen LogP contribution < -0.4 is 15.8 Å². The van der Waals surface area contributed by atoms with Crippen LogP contribution in [0.3, 0.4) is 0 Å². The van der Waals surface area contributed by atoms with E-state index in [0.29, 0.717) is 18.8 Å². The first-order valence-electron chi connectivity index (χ1n) is 6.56. The van der Waals surface area contributed by atoms with Crippen molar-refractivity contribution in [1.29, 1.82) is 0 Å². The molecule has 0 saturated heterocycles. The van der Waals surface area contributed by atoms with Gasteiger partial charge in [0.15, 0.2) is 0 Å². The summed E-state index contributed by atoms with van der Waals surface area (Å²) in [6, 6.07) is 16.5. The highest BCUT2D eigenvalue weighted by atomic mass is 16.5. The molecule has 2 aromatic rings. The van der Waals surface area contributed by atoms with Crippen molar-refractivity contribution in [3.8, 4) is 17.6 Å². The number of hydrogen-bond donors (Lipinski definition) is 2. The summed E-state index contributed by atoms with van der Waals surface area (Å²) in [5.41, 5.74) is 7.16. The molecule has 0 spiro atoms. The number of ether oxygens (including phenoxy) is 1. The molecule has 0 radical (unpaired) electrons. The zero-order chi connectivity index (χ0) is 14.9. The number of carbonyl (C=O) groups excluding carboxylic acids is 1. The molecule has 0 aromatic heterocycles. The Labute approximate surface area is 123 Å². The third-order valence-electron chi connectivity index (χ3n) is 2.65. The zero-order valence-corrected chi connectivity index (χ0v) is 11.5. The van der Waals surface area contributed by atoms with E-state index < -0.39 is 6.09 Å². The van der Waals surface area contributed by atoms with E-state index in [1.807, 2.05) is 42.5 Å². The van der Waals surface area contributed by atoms with Crippen LogP contribution in [0.4, 0.5) is 4.79 Å². The lowest BCUT2D eigenvalue weighted by Crippen LogP contribution is -2.26. The molecule has 0 aliphatic rings. The molecule has 0 bridgehead atoms. The van der Waals surface area contributed by atoms with Crippen LogP contribution in [0.2, 0.25) is 0 Å². The van der Waals surface area contributed by atoms with Gasteiger partial charge in [-0.2, -0.15) is 0 Å². The van der Waals surface area contributed by atoms with E-state index in [0.717, 1.165) is 11.1 Å². The van der Waals surface area contributed by atoms with Crippen molar-refractivity contribution in [2.45, 2.75) is 6.54 Å². The first kappa shape index (κ1) is 14.6. The lowest BCUT2D eigenvalue weighted by Gasteiger charge is -2.06. The van der Waals surface area contributed by atoms with Gasteiger partial charge in [0.25, 0.3) is 0 Å². The van der Waals surface area contributed by atoms with Crippen LogP contribution in [0.25, 0.3) is 0 Å². The monoisotopic (exact) mass is 280 g/mol. The Morgan fingerprint density at radius 3 is 2.71 bits per heavy atom. The molecule has 0 aliphatic carbocycles. The topological polar surface area (TPSA) is 64.3 Å². The molecule has 1 amide bonds. The number of hydrogen-bond acceptors (Lipinski definition) is 3. The van der Waals surface area contributed by atoms with Gasteiger partial charge in [-0.1, -0.05) is 42.2 Å². The molecule has 3 N–H and O–H groups in total. The van der Waals surface area contributed by atoms with Crippen LogP contribution in [0, 0.1) is 11.8 Å². The highest BCUT2D eigenvalue weighted by Crippen LogP contribution is 2.08. The fourth-order valence-corrected chi connectivity index (χ4v) is 1.72. The van der Waals surface area contributed by atoms with Gasteiger partial charge in [-0.25, -0.2) is 4.79 Å². The molecule has 0 saturated carbocycles. The second-order valence-electron chi connectivity index (χ2n) is 4.26. The Morgan fingerprint density at radius 1 is 1.14 bits per heavy atom. The molecule has 0 fully saturated rings. The number of carbonyl (C=O) groups is 1. The van der Waals surface area contributed by atoms with Crippen LogP contribution in [0.15, 0.2) is 54.6 Å². The Morgan fingerprint density at radius 2 is 1.95 bits per heavy atom. The number of benzene rings is 2. The first-order valence-corrected chi connectivity index (χ1v) is 6.56. The normalized spacial score (nSPS) is 9.38. The number of rotatable bonds is 3. The van der Waals surface area contributed by atoms with Gasteiger partial charge in [0.2, 0.25) is 0 Å². The molecule has 4 nitrogen and oxygen atoms in total. The van der Waals surface area contributed by atoms with Crippen molar-refractivity contribution in [2.24, 2.45) is 5.73 Å². The van der Waals surface area contributed by atoms with Crippen molar-refractivity contribution in [1.82, 2.24) is 5.32 Å². The molecule has 0 heterocycles. The second-order valence-corrected chi connectivity index (χ2v) is 4.26. The minimum Gasteiger partial charge on any atom is -0.410 e. The van der Waals surface area contributed by atoms with Gasteiger partial charge in [-0.15, -0.1) is 0 Å². The molecular formula is C17H16N2O2. The van der Waals surface area contributed by atoms with E-state index in [1.165, 1.54) is 0 Å². The summed E-state index contributed by atoms with van der Waals surface area (Å²) >= 11 is 0. The number of nitrogens with one attached hydrogen (secondary N) is 1. The standard InChI is InChI=1S/C17H16N2O2/c18-11-5-8-14-6-4-7-15(12-14)13-19-17(20)21-16-9-2-1-3-10-16/h1-4,6-7,9-10,12H,11,13,18H2,(H,19,20). The number of para-hydroxylation sites is 1. The minimum absolute atomic E-state index is 0.325. The SMILES string of the molecule is NCC#Cc1cccc(CNC(=O)Oc2ccccc2)c1. The molecule has 106 valence electrons. The molecule has 0 unspecified atom stereocenters. The molecule has 21 heavy (non-hydrogen) atoms. The zero-order valence-electron chi connectivity index (χ0n) is 11.5. The van der Waals surface area contributed by atoms with Crippen molar-refractivity contribution in [2.75, 3.05) is 6.54 Å². The number of nitrogens with two attached hydrogens (primary N) is 1. The Kier molecular flexibility index (Phi) is 5.39. The quantitative estimate of drug-likeness (QED) is 0.848. The summed E-state index contributed by atoms with van der Waals surface area (Å²) in [6.45, 7) is 0.704. The lowest BCUT2D eigenvalue weighted by atomic mass is 10.1. The van der Waals surface area contributed by atoms with Crippen molar-refractivity contribution >= 4 is 6.09 Å². The molecular weight excluding hydrogens is 264 g/mol. The number of amides is 1. The predicted molar refractivity (Wildman–Crippen MR) is 81.7 cm³/mol. The summed E-state index contributed by atoms with van der Waals surface area (Å²) in [7, 11) is 0. The van der Waals surface area contributed by atoms with Crippen LogP contribution in [-0.4, -0.2) is 12.6 Å². The van der Waals surface area contributed by atoms with Crippen molar-refractivity contribution in [3.05, 3.63) is 65.7 Å². The maximum absolute atomic E-state index is 11.7. The van der Waals surface area contributed by atoms with Gasteiger partial charge in [0.1, 0.15) is 5.75 Å². The maximum atomic E-state index is 11.7. The Bertz CT molecular complexity index is 657. The summed E-state index contributed by atoms with van der Waals surface area (Å²) in [5.74, 6) is 6.26. The van der Waals surface area contributed by atoms with Crippen LogP contribution in [-0.2, 0) is 6.54 Å². The Balaban J connectivity index is 1.89. The van der Waals surface area contributed by atoms with Crippen LogP contribution >= 0.6 is 0 Å². The van der Waals surface area contributed by atoms with Crippen LogP contribution in [0.5, 0.6) is 5.75 Å². The highest BCUT2D eigenvalue weighted by Gasteiger charge is 2.03. The summed E-state index contributed by atoms with van der Waals surface area (Å²) in [6.07, 6.45) is -0.486. The minimum atomic E-state index is -0.486. The van der Waals surface area contributed by atoms with Gasteiger partial charge >= 0.3 is 6.09 Å². The molecule has 2 aromatic carbocycles. The van der Waals surface area contributed by atoms with E-state index >= 15 is 0 Å². The van der Waals surface area contributed by atoms with Gasteiger partial charge in [-0.3, -0.25) is 0 Å². The van der Waals surface area contributed by atoms with Gasteiger partial charge in [0.05, 0.1) is 6.54 Å². The van der Waals surface area contributed by atoms with E-state index in [4.69, 9.17) is 10.5 Å². The summed E-state index contributed by atoms with van der Waals surface area (Å²) < 4.78 is 5.14. The van der Waals surface area contributed by atoms with Crippen molar-refractivity contribution in [3.63, 3.8) is 0 Å². The third kappa shape index (κ3) is 5.01. The molecule has 0 atom stereocenters. The van der Waals surface area contributed by atoms with E-state index in [2.05, 4.69) is 17.2 Å². The van der Waals surface area contributed by atoms with E-state index in [1.54, 1.807) is 12.1 Å². The molecule has 2 rings (SSSR count). The van der Waals surface area contributed by atoms with Gasteiger partial charge in [0, 0.05) is 12.1 Å². The third-order valence-corrected chi connectivity index (χ3v) is 2.65. The highest BCUT2D eigenvalue weighted by molar-refractivity contribution is 5.70. The van der Waals surface area contributed by atoms with Crippen molar-refractivity contribution < 1.29 is 9.53 Å². The molecule has 0 aliphatic heterocycles. The maximum Gasteiger partial charge on any atom is 0.412 e. The average molecular weight is 280 g/mol. The largest absolute Gasteiger partial charge is 0.412 e. The lowest BCUT2D eigenvalue weighted by molar-refractivity contribution is 0.200. The smallest absolute Gasteiger partial charge is 0.410 e. The predicted octanol–water partition coefficient (Wildman–Crippen LogP) is 2.29. The fraction of sp³-hybridized carbons (Fsp3) is 0.118. The first-order chi connectivity index (χ1) is 10.3. The van der Waals surface area contributed by atoms with Gasteiger partial charge in [-0.05, 0) is 29.8 Å². The van der Waals surface area contributed by atoms with E-state index in [9.17, 15) is 4.79 Å². The summed E-state index contributed by atoms with van der Waals surface area (Å²) in [5, 5.41) is 2.70. The molecule has 4 heteroatoms. The van der Waals surface area contributed by atoms with Gasteiger partial charge < -0.3 is 15.8 Å². The Hall–Kier alpha value is -2.77.